The molecule has 2 unspecified atom stereocenters. The summed E-state index contributed by atoms with van der Waals surface area (Å²) in [6.07, 6.45) is 3.27. The van der Waals surface area contributed by atoms with Crippen LogP contribution >= 0.6 is 0 Å². The van der Waals surface area contributed by atoms with Crippen LogP contribution in [-0.2, 0) is 4.79 Å². The van der Waals surface area contributed by atoms with Crippen molar-refractivity contribution in [2.45, 2.75) is 37.8 Å². The van der Waals surface area contributed by atoms with Gasteiger partial charge in [-0.3, -0.25) is 9.69 Å². The van der Waals surface area contributed by atoms with Crippen molar-refractivity contribution in [3.05, 3.63) is 0 Å². The highest BCUT2D eigenvalue weighted by atomic mass is 16.2. The van der Waals surface area contributed by atoms with Gasteiger partial charge in [-0.25, -0.2) is 0 Å². The third-order valence-electron chi connectivity index (χ3n) is 4.60. The predicted molar refractivity (Wildman–Crippen MR) is 77.2 cm³/mol. The van der Waals surface area contributed by atoms with Gasteiger partial charge < -0.3 is 15.5 Å². The number of hydrogen-bond acceptors (Lipinski definition) is 4. The summed E-state index contributed by atoms with van der Waals surface area (Å²) < 4.78 is 0. The molecule has 2 aliphatic rings. The number of rotatable bonds is 3. The Morgan fingerprint density at radius 3 is 2.84 bits per heavy atom. The van der Waals surface area contributed by atoms with Crippen LogP contribution in [0.2, 0.25) is 0 Å². The van der Waals surface area contributed by atoms with Gasteiger partial charge in [-0.05, 0) is 46.8 Å². The lowest BCUT2D eigenvalue weighted by Crippen LogP contribution is -2.60. The summed E-state index contributed by atoms with van der Waals surface area (Å²) in [4.78, 5) is 17.0. The van der Waals surface area contributed by atoms with Gasteiger partial charge in [0.2, 0.25) is 5.91 Å². The molecule has 2 rings (SSSR count). The molecule has 0 aromatic rings. The lowest BCUT2D eigenvalue weighted by molar-refractivity contribution is -0.128. The Balaban J connectivity index is 1.82. The molecule has 0 saturated carbocycles. The third kappa shape index (κ3) is 3.68. The minimum absolute atomic E-state index is 0.161. The molecule has 2 aliphatic heterocycles. The molecule has 0 aliphatic carbocycles. The number of carbonyl (C=O) groups excluding carboxylic acids is 1. The quantitative estimate of drug-likeness (QED) is 0.749. The lowest BCUT2D eigenvalue weighted by atomic mass is 9.90. The van der Waals surface area contributed by atoms with Crippen molar-refractivity contribution in [2.75, 3.05) is 46.8 Å². The maximum absolute atomic E-state index is 12.3. The van der Waals surface area contributed by atoms with Crippen molar-refractivity contribution in [2.24, 2.45) is 0 Å². The molecular formula is C14H28N4O. The Morgan fingerprint density at radius 1 is 1.37 bits per heavy atom. The van der Waals surface area contributed by atoms with Crippen molar-refractivity contribution < 1.29 is 4.79 Å². The molecule has 2 N–H and O–H groups in total. The second-order valence-electron chi connectivity index (χ2n) is 6.32. The fourth-order valence-electron chi connectivity index (χ4n) is 2.98. The smallest absolute Gasteiger partial charge is 0.240 e. The summed E-state index contributed by atoms with van der Waals surface area (Å²) in [6, 6.07) is 0.426. The Labute approximate surface area is 116 Å². The zero-order chi connectivity index (χ0) is 13.9. The second-order valence-corrected chi connectivity index (χ2v) is 6.32. The first-order chi connectivity index (χ1) is 9.01. The molecule has 0 radical (unpaired) electrons. The first-order valence-electron chi connectivity index (χ1n) is 7.43. The Morgan fingerprint density at radius 2 is 2.16 bits per heavy atom. The van der Waals surface area contributed by atoms with Gasteiger partial charge in [-0.15, -0.1) is 0 Å². The van der Waals surface area contributed by atoms with E-state index in [1.807, 2.05) is 6.92 Å². The van der Waals surface area contributed by atoms with Gasteiger partial charge in [0, 0.05) is 32.2 Å². The van der Waals surface area contributed by atoms with Crippen LogP contribution in [-0.4, -0.2) is 74.1 Å². The number of nitrogens with zero attached hydrogens (tertiary/aromatic N) is 2. The molecule has 5 heteroatoms. The molecule has 0 aromatic carbocycles. The van der Waals surface area contributed by atoms with Gasteiger partial charge in [0.25, 0.3) is 0 Å². The van der Waals surface area contributed by atoms with Gasteiger partial charge in [0.1, 0.15) is 0 Å². The van der Waals surface area contributed by atoms with Crippen LogP contribution in [0.25, 0.3) is 0 Å². The predicted octanol–water partition coefficient (Wildman–Crippen LogP) is -0.119. The highest BCUT2D eigenvalue weighted by Crippen LogP contribution is 2.18. The minimum atomic E-state index is -0.364. The molecule has 110 valence electrons. The Kier molecular flexibility index (Phi) is 4.81. The summed E-state index contributed by atoms with van der Waals surface area (Å²) in [5.41, 5.74) is -0.364. The van der Waals surface area contributed by atoms with Crippen molar-refractivity contribution >= 4 is 5.91 Å². The van der Waals surface area contributed by atoms with E-state index >= 15 is 0 Å². The average Bonchev–Trinajstić information content (AvgIpc) is 2.40. The van der Waals surface area contributed by atoms with Crippen LogP contribution in [0.4, 0.5) is 0 Å². The van der Waals surface area contributed by atoms with E-state index in [4.69, 9.17) is 0 Å². The molecule has 5 nitrogen and oxygen atoms in total. The Hall–Kier alpha value is -0.650. The molecular weight excluding hydrogens is 240 g/mol. The summed E-state index contributed by atoms with van der Waals surface area (Å²) in [5.74, 6) is 0.161. The molecule has 0 spiro atoms. The van der Waals surface area contributed by atoms with Crippen LogP contribution in [0.1, 0.15) is 26.2 Å². The molecule has 2 fully saturated rings. The van der Waals surface area contributed by atoms with Crippen molar-refractivity contribution in [3.8, 4) is 0 Å². The molecule has 2 atom stereocenters. The van der Waals surface area contributed by atoms with E-state index < -0.39 is 0 Å². The Bertz CT molecular complexity index is 315. The van der Waals surface area contributed by atoms with E-state index in [2.05, 4.69) is 34.5 Å². The SMILES string of the molecule is CN1CCN(C)C(CNC(=O)C2(C)CCCCN2)C1. The van der Waals surface area contributed by atoms with Gasteiger partial charge >= 0.3 is 0 Å². The summed E-state index contributed by atoms with van der Waals surface area (Å²) in [5, 5.41) is 6.51. The number of carbonyl (C=O) groups is 1. The van der Waals surface area contributed by atoms with Crippen molar-refractivity contribution in [3.63, 3.8) is 0 Å². The topological polar surface area (TPSA) is 47.6 Å². The molecule has 0 bridgehead atoms. The number of piperazine rings is 1. The van der Waals surface area contributed by atoms with Crippen LogP contribution in [0.15, 0.2) is 0 Å². The number of hydrogen-bond donors (Lipinski definition) is 2. The van der Waals surface area contributed by atoms with Crippen LogP contribution < -0.4 is 10.6 Å². The van der Waals surface area contributed by atoms with E-state index in [1.54, 1.807) is 0 Å². The lowest BCUT2D eigenvalue weighted by Gasteiger charge is -2.39. The number of nitrogens with one attached hydrogen (secondary N) is 2. The van der Waals surface area contributed by atoms with Crippen LogP contribution in [0.3, 0.4) is 0 Å². The molecule has 2 heterocycles. The van der Waals surface area contributed by atoms with Crippen LogP contribution in [0, 0.1) is 0 Å². The van der Waals surface area contributed by atoms with Gasteiger partial charge in [0.05, 0.1) is 5.54 Å². The first-order valence-corrected chi connectivity index (χ1v) is 7.43. The third-order valence-corrected chi connectivity index (χ3v) is 4.60. The highest BCUT2D eigenvalue weighted by molar-refractivity contribution is 5.86. The first kappa shape index (κ1) is 14.8. The zero-order valence-corrected chi connectivity index (χ0v) is 12.5. The molecule has 19 heavy (non-hydrogen) atoms. The second kappa shape index (κ2) is 6.20. The average molecular weight is 268 g/mol. The van der Waals surface area contributed by atoms with E-state index in [-0.39, 0.29) is 11.4 Å². The normalized spacial score (nSPS) is 34.2. The van der Waals surface area contributed by atoms with Gasteiger partial charge in [-0.2, -0.15) is 0 Å². The fraction of sp³-hybridized carbons (Fsp3) is 0.929. The number of likely N-dealkylation sites (N-methyl/N-ethyl adjacent to an activating group) is 2. The molecule has 0 aromatic heterocycles. The summed E-state index contributed by atoms with van der Waals surface area (Å²) in [6.45, 7) is 6.94. The maximum Gasteiger partial charge on any atom is 0.240 e. The summed E-state index contributed by atoms with van der Waals surface area (Å²) in [7, 11) is 4.29. The van der Waals surface area contributed by atoms with Crippen LogP contribution in [0.5, 0.6) is 0 Å². The van der Waals surface area contributed by atoms with E-state index in [9.17, 15) is 4.79 Å². The molecule has 1 amide bonds. The van der Waals surface area contributed by atoms with Gasteiger partial charge in [-0.1, -0.05) is 0 Å². The van der Waals surface area contributed by atoms with E-state index in [0.29, 0.717) is 6.04 Å². The number of piperidine rings is 1. The maximum atomic E-state index is 12.3. The van der Waals surface area contributed by atoms with Gasteiger partial charge in [0.15, 0.2) is 0 Å². The highest BCUT2D eigenvalue weighted by Gasteiger charge is 2.34. The van der Waals surface area contributed by atoms with Crippen molar-refractivity contribution in [1.29, 1.82) is 0 Å². The van der Waals surface area contributed by atoms with E-state index in [0.717, 1.165) is 45.6 Å². The van der Waals surface area contributed by atoms with E-state index in [1.165, 1.54) is 6.42 Å². The summed E-state index contributed by atoms with van der Waals surface area (Å²) >= 11 is 0. The molecule has 2 saturated heterocycles. The monoisotopic (exact) mass is 268 g/mol. The standard InChI is InChI=1S/C14H28N4O/c1-14(6-4-5-7-16-14)13(19)15-10-12-11-17(2)8-9-18(12)3/h12,16H,4-11H2,1-3H3,(H,15,19). The largest absolute Gasteiger partial charge is 0.353 e. The van der Waals surface area contributed by atoms with Crippen molar-refractivity contribution in [1.82, 2.24) is 20.4 Å². The minimum Gasteiger partial charge on any atom is -0.353 e. The number of amides is 1. The fourth-order valence-corrected chi connectivity index (χ4v) is 2.98. The zero-order valence-electron chi connectivity index (χ0n) is 12.5.